The van der Waals surface area contributed by atoms with Crippen molar-refractivity contribution in [3.63, 3.8) is 0 Å². The van der Waals surface area contributed by atoms with Crippen molar-refractivity contribution in [3.8, 4) is 12.3 Å². The minimum Gasteiger partial charge on any atom is -0.120 e. The zero-order valence-electron chi connectivity index (χ0n) is 7.89. The van der Waals surface area contributed by atoms with Gasteiger partial charge in [0.25, 0.3) is 0 Å². The van der Waals surface area contributed by atoms with Crippen LogP contribution in [-0.4, -0.2) is 0 Å². The van der Waals surface area contributed by atoms with Crippen molar-refractivity contribution >= 4 is 0 Å². The fourth-order valence-electron chi connectivity index (χ4n) is 2.18. The van der Waals surface area contributed by atoms with E-state index in [1.54, 1.807) is 0 Å². The number of terminal acetylenes is 1. The van der Waals surface area contributed by atoms with Crippen LogP contribution >= 0.6 is 0 Å². The van der Waals surface area contributed by atoms with Gasteiger partial charge in [0, 0.05) is 6.42 Å². The lowest BCUT2D eigenvalue weighted by atomic mass is 9.79. The average Bonchev–Trinajstić information content (AvgIpc) is 2.09. The van der Waals surface area contributed by atoms with Crippen LogP contribution in [0.4, 0.5) is 0 Å². The molecule has 0 aromatic rings. The van der Waals surface area contributed by atoms with E-state index in [1.165, 1.54) is 32.1 Å². The van der Waals surface area contributed by atoms with Gasteiger partial charge in [-0.2, -0.15) is 0 Å². The summed E-state index contributed by atoms with van der Waals surface area (Å²) >= 11 is 0. The Morgan fingerprint density at radius 3 is 2.25 bits per heavy atom. The molecule has 0 heterocycles. The minimum absolute atomic E-state index is 0.830. The summed E-state index contributed by atoms with van der Waals surface area (Å²) in [4.78, 5) is 0. The Bertz CT molecular complexity index is 144. The highest BCUT2D eigenvalue weighted by Crippen LogP contribution is 2.32. The molecule has 0 spiro atoms. The summed E-state index contributed by atoms with van der Waals surface area (Å²) in [7, 11) is 0. The summed E-state index contributed by atoms with van der Waals surface area (Å²) in [6.45, 7) is 3.90. The van der Waals surface area contributed by atoms with Crippen LogP contribution < -0.4 is 0 Å². The van der Waals surface area contributed by atoms with E-state index in [4.69, 9.17) is 6.42 Å². The van der Waals surface area contributed by atoms with Crippen molar-refractivity contribution in [1.29, 1.82) is 0 Å². The van der Waals surface area contributed by atoms with Crippen molar-refractivity contribution in [2.24, 2.45) is 11.8 Å². The molecule has 0 amide bonds. The highest BCUT2D eigenvalue weighted by atomic mass is 14.2. The van der Waals surface area contributed by atoms with Gasteiger partial charge in [-0.25, -0.2) is 0 Å². The third-order valence-corrected chi connectivity index (χ3v) is 2.99. The highest BCUT2D eigenvalue weighted by molar-refractivity contribution is 4.88. The monoisotopic (exact) mass is 163 g/mol. The van der Waals surface area contributed by atoms with Crippen molar-refractivity contribution in [2.45, 2.75) is 44.9 Å². The maximum atomic E-state index is 5.29. The van der Waals surface area contributed by atoms with Crippen LogP contribution in [0.3, 0.4) is 0 Å². The van der Waals surface area contributed by atoms with E-state index < -0.39 is 0 Å². The van der Waals surface area contributed by atoms with Gasteiger partial charge in [0.1, 0.15) is 0 Å². The fourth-order valence-corrected chi connectivity index (χ4v) is 2.18. The van der Waals surface area contributed by atoms with E-state index in [2.05, 4.69) is 12.8 Å². The van der Waals surface area contributed by atoms with Crippen LogP contribution in [0, 0.1) is 31.1 Å². The maximum absolute atomic E-state index is 5.29. The molecule has 0 heteroatoms. The van der Waals surface area contributed by atoms with Crippen molar-refractivity contribution in [3.05, 3.63) is 6.92 Å². The standard InChI is InChI=1S/C12H19/c1-3-5-11-7-9-12(6-4-2)10-8-11/h1,11-12H,2,4-10H2. The lowest BCUT2D eigenvalue weighted by molar-refractivity contribution is 0.267. The molecule has 0 atom stereocenters. The maximum Gasteiger partial charge on any atom is 0.0114 e. The van der Waals surface area contributed by atoms with Crippen LogP contribution in [0.5, 0.6) is 0 Å². The van der Waals surface area contributed by atoms with Crippen LogP contribution in [0.25, 0.3) is 0 Å². The molecule has 0 bridgehead atoms. The molecular weight excluding hydrogens is 144 g/mol. The molecule has 1 aliphatic carbocycles. The first-order chi connectivity index (χ1) is 5.86. The summed E-state index contributed by atoms with van der Waals surface area (Å²) in [5.74, 6) is 4.56. The summed E-state index contributed by atoms with van der Waals surface area (Å²) in [6.07, 6.45) is 14.2. The predicted octanol–water partition coefficient (Wildman–Crippen LogP) is 3.43. The lowest BCUT2D eigenvalue weighted by Crippen LogP contribution is -2.13. The Hall–Kier alpha value is -0.440. The van der Waals surface area contributed by atoms with Gasteiger partial charge in [0.05, 0.1) is 0 Å². The van der Waals surface area contributed by atoms with Gasteiger partial charge in [0.15, 0.2) is 0 Å². The summed E-state index contributed by atoms with van der Waals surface area (Å²) in [6, 6.07) is 0. The molecule has 1 rings (SSSR count). The van der Waals surface area contributed by atoms with Crippen molar-refractivity contribution < 1.29 is 0 Å². The van der Waals surface area contributed by atoms with Gasteiger partial charge in [-0.3, -0.25) is 0 Å². The van der Waals surface area contributed by atoms with Gasteiger partial charge in [-0.1, -0.05) is 32.6 Å². The Labute approximate surface area is 76.7 Å². The van der Waals surface area contributed by atoms with Gasteiger partial charge >= 0.3 is 0 Å². The van der Waals surface area contributed by atoms with Gasteiger partial charge in [0.2, 0.25) is 0 Å². The van der Waals surface area contributed by atoms with Gasteiger partial charge in [-0.15, -0.1) is 12.3 Å². The molecule has 0 aliphatic heterocycles. The molecular formula is C12H19. The molecule has 67 valence electrons. The average molecular weight is 163 g/mol. The van der Waals surface area contributed by atoms with E-state index in [-0.39, 0.29) is 0 Å². The topological polar surface area (TPSA) is 0 Å². The van der Waals surface area contributed by atoms with E-state index in [1.807, 2.05) is 0 Å². The van der Waals surface area contributed by atoms with Crippen LogP contribution in [0.15, 0.2) is 0 Å². The minimum atomic E-state index is 0.830. The third-order valence-electron chi connectivity index (χ3n) is 2.99. The Balaban J connectivity index is 2.16. The molecule has 0 aromatic heterocycles. The van der Waals surface area contributed by atoms with E-state index >= 15 is 0 Å². The second-order valence-electron chi connectivity index (χ2n) is 3.94. The summed E-state index contributed by atoms with van der Waals surface area (Å²) in [5.41, 5.74) is 0. The SMILES string of the molecule is C#CCC1CCC(CC[CH2])CC1. The smallest absolute Gasteiger partial charge is 0.0114 e. The molecule has 12 heavy (non-hydrogen) atoms. The number of rotatable bonds is 3. The normalized spacial score (nSPS) is 29.7. The molecule has 0 aromatic carbocycles. The Kier molecular flexibility index (Phi) is 4.22. The highest BCUT2D eigenvalue weighted by Gasteiger charge is 2.19. The van der Waals surface area contributed by atoms with Crippen LogP contribution in [0.1, 0.15) is 44.9 Å². The molecule has 1 saturated carbocycles. The van der Waals surface area contributed by atoms with E-state index in [0.717, 1.165) is 24.7 Å². The van der Waals surface area contributed by atoms with Crippen molar-refractivity contribution in [1.82, 2.24) is 0 Å². The van der Waals surface area contributed by atoms with Crippen LogP contribution in [0.2, 0.25) is 0 Å². The summed E-state index contributed by atoms with van der Waals surface area (Å²) < 4.78 is 0. The first kappa shape index (κ1) is 9.65. The molecule has 0 unspecified atom stereocenters. The molecule has 1 fully saturated rings. The van der Waals surface area contributed by atoms with Gasteiger partial charge in [-0.05, 0) is 24.7 Å². The first-order valence-electron chi connectivity index (χ1n) is 5.09. The Morgan fingerprint density at radius 2 is 1.75 bits per heavy atom. The quantitative estimate of drug-likeness (QED) is 0.559. The summed E-state index contributed by atoms with van der Waals surface area (Å²) in [5, 5.41) is 0. The van der Waals surface area contributed by atoms with Crippen LogP contribution in [-0.2, 0) is 0 Å². The number of hydrogen-bond acceptors (Lipinski definition) is 0. The largest absolute Gasteiger partial charge is 0.120 e. The lowest BCUT2D eigenvalue weighted by Gasteiger charge is -2.26. The Morgan fingerprint density at radius 1 is 1.17 bits per heavy atom. The number of hydrogen-bond donors (Lipinski definition) is 0. The zero-order valence-corrected chi connectivity index (χ0v) is 7.89. The molecule has 1 radical (unpaired) electrons. The van der Waals surface area contributed by atoms with Crippen molar-refractivity contribution in [2.75, 3.05) is 0 Å². The third kappa shape index (κ3) is 2.89. The molecule has 1 aliphatic rings. The van der Waals surface area contributed by atoms with E-state index in [9.17, 15) is 0 Å². The molecule has 0 N–H and O–H groups in total. The van der Waals surface area contributed by atoms with E-state index in [0.29, 0.717) is 0 Å². The second kappa shape index (κ2) is 5.25. The van der Waals surface area contributed by atoms with Gasteiger partial charge < -0.3 is 0 Å². The fraction of sp³-hybridized carbons (Fsp3) is 0.750. The predicted molar refractivity (Wildman–Crippen MR) is 53.5 cm³/mol. The first-order valence-corrected chi connectivity index (χ1v) is 5.09. The molecule has 0 nitrogen and oxygen atoms in total. The zero-order chi connectivity index (χ0) is 8.81. The molecule has 0 saturated heterocycles. The second-order valence-corrected chi connectivity index (χ2v) is 3.94.